The quantitative estimate of drug-likeness (QED) is 0.751. The third-order valence-corrected chi connectivity index (χ3v) is 5.44. The van der Waals surface area contributed by atoms with Crippen molar-refractivity contribution in [1.82, 2.24) is 4.90 Å². The van der Waals surface area contributed by atoms with Gasteiger partial charge in [-0.15, -0.1) is 0 Å². The van der Waals surface area contributed by atoms with E-state index in [2.05, 4.69) is 39.5 Å². The highest BCUT2D eigenvalue weighted by Gasteiger charge is 2.60. The van der Waals surface area contributed by atoms with E-state index in [0.29, 0.717) is 19.0 Å². The molecule has 2 saturated heterocycles. The lowest BCUT2D eigenvalue weighted by molar-refractivity contribution is -0.0668. The van der Waals surface area contributed by atoms with Crippen LogP contribution in [0, 0.1) is 5.41 Å². The number of nitrogens with zero attached hydrogens (tertiary/aromatic N) is 1. The Bertz CT molecular complexity index is 323. The van der Waals surface area contributed by atoms with Crippen LogP contribution in [0.3, 0.4) is 0 Å². The SMILES string of the molecule is COC(C)(C)C1CCC2(C(C)(C)C)CC(F)CN12. The third kappa shape index (κ3) is 1.90. The van der Waals surface area contributed by atoms with Crippen molar-refractivity contribution in [2.75, 3.05) is 13.7 Å². The lowest BCUT2D eigenvalue weighted by Gasteiger charge is -2.47. The van der Waals surface area contributed by atoms with Crippen molar-refractivity contribution >= 4 is 0 Å². The van der Waals surface area contributed by atoms with E-state index in [9.17, 15) is 4.39 Å². The molecule has 2 nitrogen and oxygen atoms in total. The van der Waals surface area contributed by atoms with E-state index < -0.39 is 6.17 Å². The average molecular weight is 257 g/mol. The first kappa shape index (κ1) is 14.3. The number of hydrogen-bond acceptors (Lipinski definition) is 2. The molecule has 0 aromatic heterocycles. The average Bonchev–Trinajstić information content (AvgIpc) is 2.71. The number of halogens is 1. The molecule has 2 fully saturated rings. The summed E-state index contributed by atoms with van der Waals surface area (Å²) in [4.78, 5) is 2.42. The highest BCUT2D eigenvalue weighted by molar-refractivity contribution is 5.15. The van der Waals surface area contributed by atoms with Crippen LogP contribution in [0.5, 0.6) is 0 Å². The second kappa shape index (κ2) is 4.17. The van der Waals surface area contributed by atoms with Gasteiger partial charge in [0.2, 0.25) is 0 Å². The smallest absolute Gasteiger partial charge is 0.115 e. The molecule has 106 valence electrons. The zero-order chi connectivity index (χ0) is 13.8. The topological polar surface area (TPSA) is 12.5 Å². The maximum atomic E-state index is 14.0. The predicted molar refractivity (Wildman–Crippen MR) is 72.5 cm³/mol. The van der Waals surface area contributed by atoms with Crippen LogP contribution in [-0.2, 0) is 4.74 Å². The Morgan fingerprint density at radius 1 is 1.22 bits per heavy atom. The lowest BCUT2D eigenvalue weighted by Crippen LogP contribution is -2.56. The standard InChI is InChI=1S/C15H28FNO/c1-13(2,3)15-8-7-12(14(4,5)18-6)17(15)10-11(16)9-15/h11-12H,7-10H2,1-6H3. The molecule has 2 aliphatic heterocycles. The molecule has 0 saturated carbocycles. The molecule has 0 bridgehead atoms. The van der Waals surface area contributed by atoms with E-state index in [-0.39, 0.29) is 16.6 Å². The fraction of sp³-hybridized carbons (Fsp3) is 1.00. The maximum Gasteiger partial charge on any atom is 0.115 e. The van der Waals surface area contributed by atoms with Crippen LogP contribution in [0.4, 0.5) is 4.39 Å². The Balaban J connectivity index is 2.33. The van der Waals surface area contributed by atoms with Gasteiger partial charge in [-0.05, 0) is 38.5 Å². The Morgan fingerprint density at radius 3 is 2.33 bits per heavy atom. The van der Waals surface area contributed by atoms with Crippen molar-refractivity contribution in [2.24, 2.45) is 5.41 Å². The summed E-state index contributed by atoms with van der Waals surface area (Å²) in [6.07, 6.45) is 2.21. The maximum absolute atomic E-state index is 14.0. The van der Waals surface area contributed by atoms with Gasteiger partial charge in [0.15, 0.2) is 0 Å². The zero-order valence-corrected chi connectivity index (χ0v) is 12.7. The molecule has 0 aromatic carbocycles. The Labute approximate surface area is 111 Å². The number of fused-ring (bicyclic) bond motifs is 1. The molecule has 3 atom stereocenters. The van der Waals surface area contributed by atoms with Gasteiger partial charge in [0.25, 0.3) is 0 Å². The van der Waals surface area contributed by atoms with E-state index in [1.165, 1.54) is 0 Å². The molecule has 0 aromatic rings. The molecule has 3 unspecified atom stereocenters. The van der Waals surface area contributed by atoms with E-state index in [1.54, 1.807) is 7.11 Å². The molecule has 18 heavy (non-hydrogen) atoms. The normalized spacial score (nSPS) is 38.2. The Kier molecular flexibility index (Phi) is 3.31. The van der Waals surface area contributed by atoms with E-state index >= 15 is 0 Å². The summed E-state index contributed by atoms with van der Waals surface area (Å²) >= 11 is 0. The van der Waals surface area contributed by atoms with Crippen LogP contribution in [0.1, 0.15) is 53.9 Å². The third-order valence-electron chi connectivity index (χ3n) is 5.44. The van der Waals surface area contributed by atoms with Crippen molar-refractivity contribution in [2.45, 2.75) is 77.2 Å². The highest BCUT2D eigenvalue weighted by Crippen LogP contribution is 2.54. The molecule has 0 radical (unpaired) electrons. The molecule has 0 N–H and O–H groups in total. The van der Waals surface area contributed by atoms with Gasteiger partial charge < -0.3 is 4.74 Å². The molecule has 3 heteroatoms. The zero-order valence-electron chi connectivity index (χ0n) is 12.7. The van der Waals surface area contributed by atoms with Crippen molar-refractivity contribution < 1.29 is 9.13 Å². The number of alkyl halides is 1. The van der Waals surface area contributed by atoms with E-state index in [4.69, 9.17) is 4.74 Å². The van der Waals surface area contributed by atoms with Crippen molar-refractivity contribution in [3.05, 3.63) is 0 Å². The lowest BCUT2D eigenvalue weighted by atomic mass is 9.71. The van der Waals surface area contributed by atoms with E-state index in [0.717, 1.165) is 12.8 Å². The summed E-state index contributed by atoms with van der Waals surface area (Å²) in [6.45, 7) is 11.6. The van der Waals surface area contributed by atoms with Gasteiger partial charge >= 0.3 is 0 Å². The molecule has 0 amide bonds. The molecule has 2 heterocycles. The van der Waals surface area contributed by atoms with Gasteiger partial charge in [0.05, 0.1) is 5.60 Å². The number of ether oxygens (including phenoxy) is 1. The largest absolute Gasteiger partial charge is 0.377 e. The number of hydrogen-bond donors (Lipinski definition) is 0. The molecule has 2 rings (SSSR count). The van der Waals surface area contributed by atoms with Crippen molar-refractivity contribution in [3.63, 3.8) is 0 Å². The summed E-state index contributed by atoms with van der Waals surface area (Å²) < 4.78 is 19.7. The molecular formula is C15H28FNO. The van der Waals surface area contributed by atoms with Gasteiger partial charge in [-0.2, -0.15) is 0 Å². The molecule has 2 aliphatic rings. The number of methoxy groups -OCH3 is 1. The molecule has 0 spiro atoms. The van der Waals surface area contributed by atoms with Crippen molar-refractivity contribution in [3.8, 4) is 0 Å². The molecular weight excluding hydrogens is 229 g/mol. The first-order valence-electron chi connectivity index (χ1n) is 7.10. The van der Waals surface area contributed by atoms with E-state index in [1.807, 2.05) is 0 Å². The van der Waals surface area contributed by atoms with Crippen LogP contribution in [0.15, 0.2) is 0 Å². The summed E-state index contributed by atoms with van der Waals surface area (Å²) in [5.41, 5.74) is -0.0592. The van der Waals surface area contributed by atoms with Gasteiger partial charge in [-0.3, -0.25) is 4.90 Å². The number of rotatable bonds is 2. The van der Waals surface area contributed by atoms with Crippen LogP contribution < -0.4 is 0 Å². The second-order valence-electron chi connectivity index (χ2n) is 7.60. The van der Waals surface area contributed by atoms with Crippen LogP contribution in [0.2, 0.25) is 0 Å². The van der Waals surface area contributed by atoms with Gasteiger partial charge in [-0.25, -0.2) is 4.39 Å². The van der Waals surface area contributed by atoms with Crippen molar-refractivity contribution in [1.29, 1.82) is 0 Å². The summed E-state index contributed by atoms with van der Waals surface area (Å²) in [7, 11) is 1.76. The first-order chi connectivity index (χ1) is 8.14. The fourth-order valence-corrected chi connectivity index (χ4v) is 4.11. The minimum Gasteiger partial charge on any atom is -0.377 e. The second-order valence-corrected chi connectivity index (χ2v) is 7.60. The Morgan fingerprint density at radius 2 is 1.83 bits per heavy atom. The van der Waals surface area contributed by atoms with Gasteiger partial charge in [-0.1, -0.05) is 20.8 Å². The van der Waals surface area contributed by atoms with Gasteiger partial charge in [0, 0.05) is 25.2 Å². The predicted octanol–water partition coefficient (Wildman–Crippen LogP) is 3.40. The minimum absolute atomic E-state index is 0.0207. The summed E-state index contributed by atoms with van der Waals surface area (Å²) in [5, 5.41) is 0. The van der Waals surface area contributed by atoms with Crippen LogP contribution in [-0.4, -0.2) is 41.9 Å². The van der Waals surface area contributed by atoms with Crippen LogP contribution in [0.25, 0.3) is 0 Å². The van der Waals surface area contributed by atoms with Gasteiger partial charge in [0.1, 0.15) is 6.17 Å². The van der Waals surface area contributed by atoms with Crippen LogP contribution >= 0.6 is 0 Å². The minimum atomic E-state index is -0.681. The summed E-state index contributed by atoms with van der Waals surface area (Å²) in [6, 6.07) is 0.336. The fourth-order valence-electron chi connectivity index (χ4n) is 4.11. The highest BCUT2D eigenvalue weighted by atomic mass is 19.1. The Hall–Kier alpha value is -0.150. The monoisotopic (exact) mass is 257 g/mol. The summed E-state index contributed by atoms with van der Waals surface area (Å²) in [5.74, 6) is 0. The molecule has 0 aliphatic carbocycles. The first-order valence-corrected chi connectivity index (χ1v) is 7.10.